The van der Waals surface area contributed by atoms with Gasteiger partial charge in [-0.15, -0.1) is 47.7 Å². The lowest BCUT2D eigenvalue weighted by Gasteiger charge is -2.50. The molecule has 3 fully saturated rings. The largest absolute Gasteiger partial charge is 0.573 e. The number of hydrogen-bond donors (Lipinski definition) is 1. The number of allylic oxidation sites excluding steroid dienone is 2. The summed E-state index contributed by atoms with van der Waals surface area (Å²) in [6, 6.07) is 6.33. The second-order valence-electron chi connectivity index (χ2n) is 10.6. The van der Waals surface area contributed by atoms with E-state index in [-0.39, 0.29) is 30.9 Å². The van der Waals surface area contributed by atoms with Crippen molar-refractivity contribution >= 4 is 58.2 Å². The number of nitrogens with zero attached hydrogens (tertiary/aromatic N) is 2. The molecule has 2 aliphatic carbocycles. The Hall–Kier alpha value is -3.09. The molecule has 6 rings (SSSR count). The van der Waals surface area contributed by atoms with E-state index in [1.165, 1.54) is 23.3 Å². The average Bonchev–Trinajstić information content (AvgIpc) is 3.54. The summed E-state index contributed by atoms with van der Waals surface area (Å²) >= 11 is 15.4. The van der Waals surface area contributed by atoms with Gasteiger partial charge in [0.2, 0.25) is 11.8 Å². The lowest BCUT2D eigenvalue weighted by atomic mass is 9.56. The zero-order valence-electron chi connectivity index (χ0n) is 21.2. The highest BCUT2D eigenvalue weighted by Gasteiger charge is 2.76. The van der Waals surface area contributed by atoms with Crippen molar-refractivity contribution in [3.8, 4) is 11.5 Å². The predicted octanol–water partition coefficient (Wildman–Crippen LogP) is 4.54. The Bertz CT molecular complexity index is 1530. The van der Waals surface area contributed by atoms with Gasteiger partial charge in [0.25, 0.3) is 11.8 Å². The maximum atomic E-state index is 13.8. The van der Waals surface area contributed by atoms with E-state index in [9.17, 15) is 37.5 Å². The molecule has 2 aliphatic heterocycles. The maximum absolute atomic E-state index is 13.8. The van der Waals surface area contributed by atoms with Crippen LogP contribution in [-0.4, -0.2) is 61.7 Å². The molecule has 2 saturated heterocycles. The molecule has 14 heteroatoms. The minimum absolute atomic E-state index is 0.0665. The van der Waals surface area contributed by atoms with E-state index in [1.807, 2.05) is 5.38 Å². The van der Waals surface area contributed by atoms with Crippen molar-refractivity contribution in [2.45, 2.75) is 41.4 Å². The number of likely N-dealkylation sites (tertiary alicyclic amines) is 2. The molecule has 2 aromatic rings. The van der Waals surface area contributed by atoms with Gasteiger partial charge >= 0.3 is 6.36 Å². The minimum Gasteiger partial charge on any atom is -0.508 e. The first-order valence-electron chi connectivity index (χ1n) is 12.6. The molecule has 8 nitrogen and oxygen atoms in total. The molecule has 0 spiro atoms. The number of amides is 4. The van der Waals surface area contributed by atoms with Gasteiger partial charge < -0.3 is 9.84 Å². The quantitative estimate of drug-likeness (QED) is 0.303. The molecule has 0 bridgehead atoms. The van der Waals surface area contributed by atoms with E-state index in [0.29, 0.717) is 5.57 Å². The van der Waals surface area contributed by atoms with Gasteiger partial charge in [0.15, 0.2) is 9.75 Å². The molecule has 216 valence electrons. The Morgan fingerprint density at radius 2 is 1.83 bits per heavy atom. The first-order valence-corrected chi connectivity index (χ1v) is 14.2. The van der Waals surface area contributed by atoms with E-state index >= 15 is 0 Å². The van der Waals surface area contributed by atoms with Crippen molar-refractivity contribution in [1.82, 2.24) is 9.80 Å². The van der Waals surface area contributed by atoms with Crippen LogP contribution in [0.15, 0.2) is 47.4 Å². The van der Waals surface area contributed by atoms with Crippen LogP contribution >= 0.6 is 34.5 Å². The van der Waals surface area contributed by atoms with Crippen LogP contribution in [0.1, 0.15) is 29.2 Å². The Balaban J connectivity index is 1.50. The Kier molecular flexibility index (Phi) is 6.30. The highest BCUT2D eigenvalue weighted by Crippen LogP contribution is 2.66. The van der Waals surface area contributed by atoms with Gasteiger partial charge in [0, 0.05) is 23.4 Å². The van der Waals surface area contributed by atoms with Crippen LogP contribution in [0.2, 0.25) is 0 Å². The highest BCUT2D eigenvalue weighted by molar-refractivity contribution is 7.09. The predicted molar refractivity (Wildman–Crippen MR) is 140 cm³/mol. The molecular formula is C27H21Cl2F3N2O6S. The first-order chi connectivity index (χ1) is 19.2. The van der Waals surface area contributed by atoms with Crippen molar-refractivity contribution < 1.29 is 42.2 Å². The molecule has 6 atom stereocenters. The summed E-state index contributed by atoms with van der Waals surface area (Å²) in [5.74, 6) is -7.84. The van der Waals surface area contributed by atoms with Crippen LogP contribution in [0, 0.1) is 17.8 Å². The van der Waals surface area contributed by atoms with Crippen molar-refractivity contribution in [3.05, 3.63) is 57.8 Å². The average molecular weight is 629 g/mol. The molecule has 1 aromatic carbocycles. The summed E-state index contributed by atoms with van der Waals surface area (Å²) in [6.07, 6.45) is -3.62. The summed E-state index contributed by atoms with van der Waals surface area (Å²) in [6.45, 7) is 0.0665. The minimum atomic E-state index is -5.06. The topological polar surface area (TPSA) is 104 Å². The van der Waals surface area contributed by atoms with Crippen LogP contribution < -0.4 is 4.74 Å². The van der Waals surface area contributed by atoms with Crippen molar-refractivity contribution in [1.29, 1.82) is 0 Å². The number of carbonyl (C=O) groups excluding carboxylic acids is 4. The monoisotopic (exact) mass is 628 g/mol. The number of hydrogen-bond acceptors (Lipinski definition) is 7. The van der Waals surface area contributed by atoms with Gasteiger partial charge in [-0.2, -0.15) is 0 Å². The van der Waals surface area contributed by atoms with E-state index in [0.717, 1.165) is 28.0 Å². The van der Waals surface area contributed by atoms with Gasteiger partial charge in [-0.1, -0.05) is 17.7 Å². The molecule has 4 amide bonds. The molecular weight excluding hydrogens is 608 g/mol. The van der Waals surface area contributed by atoms with E-state index in [4.69, 9.17) is 23.2 Å². The number of carbonyl (C=O) groups is 4. The van der Waals surface area contributed by atoms with E-state index in [2.05, 4.69) is 4.74 Å². The molecule has 4 aliphatic rings. The molecule has 41 heavy (non-hydrogen) atoms. The Labute approximate surface area is 245 Å². The fourth-order valence-corrected chi connectivity index (χ4v) is 8.53. The molecule has 3 heterocycles. The highest BCUT2D eigenvalue weighted by atomic mass is 35.5. The summed E-state index contributed by atoms with van der Waals surface area (Å²) in [5, 5.41) is 12.7. The Morgan fingerprint density at radius 3 is 2.49 bits per heavy atom. The number of imide groups is 2. The number of phenolic OH excluding ortho intramolecular Hbond substituents is 1. The molecule has 1 N–H and O–H groups in total. The number of aromatic hydroxyl groups is 1. The van der Waals surface area contributed by atoms with Crippen molar-refractivity contribution in [2.24, 2.45) is 17.8 Å². The third-order valence-corrected chi connectivity index (χ3v) is 10.8. The fourth-order valence-electron chi connectivity index (χ4n) is 6.83. The fraction of sp³-hybridized carbons (Fsp3) is 0.407. The number of benzene rings is 1. The summed E-state index contributed by atoms with van der Waals surface area (Å²) < 4.78 is 43.3. The lowest BCUT2D eigenvalue weighted by molar-refractivity contribution is -0.274. The number of ether oxygens (including phenoxy) is 1. The summed E-state index contributed by atoms with van der Waals surface area (Å²) in [7, 11) is 1.19. The van der Waals surface area contributed by atoms with Crippen molar-refractivity contribution in [3.63, 3.8) is 0 Å². The van der Waals surface area contributed by atoms with Crippen molar-refractivity contribution in [2.75, 3.05) is 7.05 Å². The van der Waals surface area contributed by atoms with E-state index < -0.39 is 69.0 Å². The number of rotatable bonds is 4. The van der Waals surface area contributed by atoms with Crippen LogP contribution in [-0.2, 0) is 25.7 Å². The lowest BCUT2D eigenvalue weighted by Crippen LogP contribution is -2.60. The summed E-state index contributed by atoms with van der Waals surface area (Å²) in [4.78, 5) is 52.5. The van der Waals surface area contributed by atoms with Crippen LogP contribution in [0.25, 0.3) is 0 Å². The third-order valence-electron chi connectivity index (χ3n) is 8.54. The molecule has 1 aromatic heterocycles. The van der Waals surface area contributed by atoms with Gasteiger partial charge in [-0.3, -0.25) is 29.0 Å². The maximum Gasteiger partial charge on any atom is 0.573 e. The zero-order chi connectivity index (χ0) is 29.6. The normalized spacial score (nSPS) is 33.1. The number of halogens is 5. The Morgan fingerprint density at radius 1 is 1.10 bits per heavy atom. The second-order valence-corrected chi connectivity index (χ2v) is 12.9. The molecule has 6 unspecified atom stereocenters. The smallest absolute Gasteiger partial charge is 0.508 e. The second kappa shape index (κ2) is 9.20. The number of thiophene rings is 1. The van der Waals surface area contributed by atoms with Crippen LogP contribution in [0.4, 0.5) is 13.2 Å². The summed E-state index contributed by atoms with van der Waals surface area (Å²) in [5.41, 5.74) is 0.109. The van der Waals surface area contributed by atoms with Gasteiger partial charge in [-0.05, 0) is 48.4 Å². The third kappa shape index (κ3) is 3.94. The number of fused-ring (bicyclic) bond motifs is 4. The standard InChI is InChI=1S/C27H21Cl2F3N2O6S/c1-33-23(38)25(28)10-17-14(5-6-15-19(17)22(37)34(21(15)36)11-13-3-2-8-41-13)20(26(25,29)24(33)39)16-9-12(4-7-18(16)35)40-27(30,31)32/h2-5,7-9,15,17,19-20,35H,6,10-11H2,1H3. The van der Waals surface area contributed by atoms with Gasteiger partial charge in [0.05, 0.1) is 18.4 Å². The first kappa shape index (κ1) is 28.0. The molecule has 1 saturated carbocycles. The van der Waals surface area contributed by atoms with Crippen LogP contribution in [0.5, 0.6) is 11.5 Å². The number of alkyl halides is 5. The number of phenols is 1. The zero-order valence-corrected chi connectivity index (χ0v) is 23.5. The van der Waals surface area contributed by atoms with Gasteiger partial charge in [-0.25, -0.2) is 0 Å². The van der Waals surface area contributed by atoms with Crippen LogP contribution in [0.3, 0.4) is 0 Å². The van der Waals surface area contributed by atoms with E-state index in [1.54, 1.807) is 18.2 Å². The van der Waals surface area contributed by atoms with Gasteiger partial charge in [0.1, 0.15) is 11.5 Å². The SMILES string of the molecule is CN1C(=O)C2(Cl)CC3C(=CCC4C(=O)N(Cc5cccs5)C(=O)C43)C(c3cc(OC(F)(F)F)ccc3O)C2(Cl)C1=O. The molecule has 0 radical (unpaired) electrons.